The molecule has 3 aromatic rings. The van der Waals surface area contributed by atoms with Crippen LogP contribution in [0, 0.1) is 5.82 Å². The molecule has 1 aliphatic rings. The Morgan fingerprint density at radius 2 is 1.59 bits per heavy atom. The second-order valence-electron chi connectivity index (χ2n) is 7.11. The first-order valence-electron chi connectivity index (χ1n) is 9.58. The molecule has 0 N–H and O–H groups in total. The molecular weight excluding hydrogens is 365 g/mol. The smallest absolute Gasteiger partial charge is 0.258 e. The van der Waals surface area contributed by atoms with Gasteiger partial charge in [-0.2, -0.15) is 5.10 Å². The minimum Gasteiger partial charge on any atom is -0.271 e. The molecule has 1 heterocycles. The quantitative estimate of drug-likeness (QED) is 0.600. The maximum atomic E-state index is 13.5. The van der Waals surface area contributed by atoms with Crippen LogP contribution >= 0.6 is 0 Å². The van der Waals surface area contributed by atoms with Gasteiger partial charge in [-0.1, -0.05) is 72.8 Å². The molecule has 3 aromatic carbocycles. The third-order valence-corrected chi connectivity index (χ3v) is 5.02. The molecule has 0 aromatic heterocycles. The monoisotopic (exact) mass is 387 g/mol. The molecule has 0 aliphatic carbocycles. The fraction of sp³-hybridized carbons (Fsp3) is 0.167. The summed E-state index contributed by atoms with van der Waals surface area (Å²) in [6, 6.07) is 26.0. The number of hydrogen-bond donors (Lipinski definition) is 0. The van der Waals surface area contributed by atoms with Gasteiger partial charge in [0.05, 0.1) is 12.3 Å². The van der Waals surface area contributed by atoms with Crippen molar-refractivity contribution in [2.45, 2.75) is 19.6 Å². The number of rotatable bonds is 5. The average molecular weight is 387 g/mol. The fourth-order valence-corrected chi connectivity index (χ4v) is 3.58. The summed E-state index contributed by atoms with van der Waals surface area (Å²) in [5.41, 5.74) is 3.66. The van der Waals surface area contributed by atoms with Crippen LogP contribution in [0.5, 0.6) is 0 Å². The number of carbonyl (C=O) groups is 1. The van der Waals surface area contributed by atoms with Gasteiger partial charge in [0, 0.05) is 6.54 Å². The van der Waals surface area contributed by atoms with Crippen molar-refractivity contribution in [3.63, 3.8) is 0 Å². The SMILES string of the molecule is C/C(=N/N1C(=O)CN(Cc2ccccc2)[C@@H]1c1ccc(F)cc1)c1ccccc1. The van der Waals surface area contributed by atoms with E-state index in [0.29, 0.717) is 6.54 Å². The number of carbonyl (C=O) groups excluding carboxylic acids is 1. The highest BCUT2D eigenvalue weighted by atomic mass is 19.1. The second kappa shape index (κ2) is 8.37. The molecule has 1 fully saturated rings. The van der Waals surface area contributed by atoms with E-state index in [-0.39, 0.29) is 24.4 Å². The zero-order valence-electron chi connectivity index (χ0n) is 16.2. The van der Waals surface area contributed by atoms with Crippen molar-refractivity contribution in [3.05, 3.63) is 107 Å². The summed E-state index contributed by atoms with van der Waals surface area (Å²) in [6.45, 7) is 2.75. The molecule has 0 spiro atoms. The van der Waals surface area contributed by atoms with Crippen LogP contribution < -0.4 is 0 Å². The molecule has 1 atom stereocenters. The van der Waals surface area contributed by atoms with E-state index >= 15 is 0 Å². The van der Waals surface area contributed by atoms with Crippen LogP contribution in [0.1, 0.15) is 29.8 Å². The highest BCUT2D eigenvalue weighted by molar-refractivity contribution is 5.99. The number of amides is 1. The average Bonchev–Trinajstić information content (AvgIpc) is 3.04. The third-order valence-electron chi connectivity index (χ3n) is 5.02. The zero-order valence-corrected chi connectivity index (χ0v) is 16.2. The Balaban J connectivity index is 1.70. The van der Waals surface area contributed by atoms with E-state index in [9.17, 15) is 9.18 Å². The van der Waals surface area contributed by atoms with E-state index < -0.39 is 0 Å². The van der Waals surface area contributed by atoms with Gasteiger partial charge < -0.3 is 0 Å². The van der Waals surface area contributed by atoms with E-state index in [0.717, 1.165) is 22.4 Å². The summed E-state index contributed by atoms with van der Waals surface area (Å²) in [6.07, 6.45) is -0.387. The Morgan fingerprint density at radius 3 is 2.24 bits per heavy atom. The lowest BCUT2D eigenvalue weighted by molar-refractivity contribution is -0.128. The molecule has 5 heteroatoms. The summed E-state index contributed by atoms with van der Waals surface area (Å²) in [7, 11) is 0. The van der Waals surface area contributed by atoms with Crippen LogP contribution in [0.15, 0.2) is 90.0 Å². The van der Waals surface area contributed by atoms with Gasteiger partial charge >= 0.3 is 0 Å². The molecule has 0 saturated carbocycles. The van der Waals surface area contributed by atoms with Gasteiger partial charge in [-0.05, 0) is 35.7 Å². The van der Waals surface area contributed by atoms with Gasteiger partial charge in [-0.15, -0.1) is 0 Å². The van der Waals surface area contributed by atoms with Crippen LogP contribution in [0.3, 0.4) is 0 Å². The molecule has 29 heavy (non-hydrogen) atoms. The Kier molecular flexibility index (Phi) is 5.49. The number of benzene rings is 3. The van der Waals surface area contributed by atoms with Gasteiger partial charge in [0.1, 0.15) is 12.0 Å². The Labute approximate surface area is 169 Å². The number of hydrogen-bond acceptors (Lipinski definition) is 3. The minimum absolute atomic E-state index is 0.0782. The van der Waals surface area contributed by atoms with Crippen LogP contribution in [-0.4, -0.2) is 28.1 Å². The predicted octanol–water partition coefficient (Wildman–Crippen LogP) is 4.59. The Morgan fingerprint density at radius 1 is 0.966 bits per heavy atom. The Bertz CT molecular complexity index is 1000. The molecule has 146 valence electrons. The number of hydrazone groups is 1. The maximum Gasteiger partial charge on any atom is 0.258 e. The lowest BCUT2D eigenvalue weighted by atomic mass is 10.1. The minimum atomic E-state index is -0.387. The molecule has 0 unspecified atom stereocenters. The second-order valence-corrected chi connectivity index (χ2v) is 7.11. The summed E-state index contributed by atoms with van der Waals surface area (Å²) < 4.78 is 13.5. The van der Waals surface area contributed by atoms with Crippen molar-refractivity contribution in [1.82, 2.24) is 9.91 Å². The van der Waals surface area contributed by atoms with Gasteiger partial charge in [0.15, 0.2) is 0 Å². The summed E-state index contributed by atoms with van der Waals surface area (Å²) in [5, 5.41) is 6.19. The van der Waals surface area contributed by atoms with E-state index in [2.05, 4.69) is 10.0 Å². The maximum absolute atomic E-state index is 13.5. The van der Waals surface area contributed by atoms with Crippen molar-refractivity contribution in [3.8, 4) is 0 Å². The van der Waals surface area contributed by atoms with Crippen LogP contribution in [-0.2, 0) is 11.3 Å². The van der Waals surface area contributed by atoms with Crippen molar-refractivity contribution in [1.29, 1.82) is 0 Å². The lowest BCUT2D eigenvalue weighted by Crippen LogP contribution is -2.29. The topological polar surface area (TPSA) is 35.9 Å². The standard InChI is InChI=1S/C24H22FN3O/c1-18(20-10-6-3-7-11-20)26-28-23(29)17-27(16-19-8-4-2-5-9-19)24(28)21-12-14-22(25)15-13-21/h2-15,24H,16-17H2,1H3/b26-18-/t24-/m0/s1. The van der Waals surface area contributed by atoms with E-state index in [4.69, 9.17) is 0 Å². The van der Waals surface area contributed by atoms with E-state index in [1.165, 1.54) is 17.1 Å². The Hall–Kier alpha value is -3.31. The first-order valence-corrected chi connectivity index (χ1v) is 9.58. The first-order chi connectivity index (χ1) is 14.1. The molecule has 1 saturated heterocycles. The van der Waals surface area contributed by atoms with E-state index in [1.54, 1.807) is 12.1 Å². The fourth-order valence-electron chi connectivity index (χ4n) is 3.58. The van der Waals surface area contributed by atoms with Gasteiger partial charge in [-0.3, -0.25) is 9.69 Å². The number of nitrogens with zero attached hydrogens (tertiary/aromatic N) is 3. The normalized spacial score (nSPS) is 17.7. The van der Waals surface area contributed by atoms with Gasteiger partial charge in [0.25, 0.3) is 5.91 Å². The highest BCUT2D eigenvalue weighted by Crippen LogP contribution is 2.33. The molecule has 1 amide bonds. The molecule has 0 radical (unpaired) electrons. The van der Waals surface area contributed by atoms with Gasteiger partial charge in [-0.25, -0.2) is 9.40 Å². The molecule has 4 rings (SSSR count). The van der Waals surface area contributed by atoms with Crippen molar-refractivity contribution in [2.75, 3.05) is 6.54 Å². The zero-order chi connectivity index (χ0) is 20.2. The van der Waals surface area contributed by atoms with Crippen LogP contribution in [0.2, 0.25) is 0 Å². The summed E-state index contributed by atoms with van der Waals surface area (Å²) >= 11 is 0. The predicted molar refractivity (Wildman–Crippen MR) is 111 cm³/mol. The largest absolute Gasteiger partial charge is 0.271 e. The lowest BCUT2D eigenvalue weighted by Gasteiger charge is -2.28. The van der Waals surface area contributed by atoms with Gasteiger partial charge in [0.2, 0.25) is 0 Å². The molecule has 1 aliphatic heterocycles. The van der Waals surface area contributed by atoms with Crippen LogP contribution in [0.4, 0.5) is 4.39 Å². The van der Waals surface area contributed by atoms with Crippen molar-refractivity contribution < 1.29 is 9.18 Å². The molecule has 0 bridgehead atoms. The summed E-state index contributed by atoms with van der Waals surface area (Å²) in [5.74, 6) is -0.381. The van der Waals surface area contributed by atoms with Crippen molar-refractivity contribution >= 4 is 11.6 Å². The van der Waals surface area contributed by atoms with Crippen molar-refractivity contribution in [2.24, 2.45) is 5.10 Å². The number of halogens is 1. The molecule has 4 nitrogen and oxygen atoms in total. The third kappa shape index (κ3) is 4.25. The highest BCUT2D eigenvalue weighted by Gasteiger charge is 2.39. The first kappa shape index (κ1) is 19.0. The van der Waals surface area contributed by atoms with Crippen LogP contribution in [0.25, 0.3) is 0 Å². The summed E-state index contributed by atoms with van der Waals surface area (Å²) in [4.78, 5) is 15.0. The van der Waals surface area contributed by atoms with E-state index in [1.807, 2.05) is 67.6 Å². The molecular formula is C24H22FN3O.